The minimum absolute atomic E-state index is 0.0376. The fourth-order valence-corrected chi connectivity index (χ4v) is 3.33. The number of benzene rings is 1. The predicted octanol–water partition coefficient (Wildman–Crippen LogP) is 3.05. The molecule has 0 radical (unpaired) electrons. The first kappa shape index (κ1) is 15.9. The van der Waals surface area contributed by atoms with Crippen molar-refractivity contribution in [2.75, 3.05) is 14.1 Å². The fraction of sp³-hybridized carbons (Fsp3) is 0.182. The molecular formula is C11H9Cl2NO6S. The van der Waals surface area contributed by atoms with Crippen molar-refractivity contribution in [2.24, 2.45) is 0 Å². The zero-order valence-corrected chi connectivity index (χ0v) is 13.1. The first-order valence-electron chi connectivity index (χ1n) is 5.39. The van der Waals surface area contributed by atoms with Crippen molar-refractivity contribution in [2.45, 2.75) is 4.90 Å². The van der Waals surface area contributed by atoms with Crippen LogP contribution < -0.4 is 4.74 Å². The Balaban J connectivity index is 2.71. The summed E-state index contributed by atoms with van der Waals surface area (Å²) in [6.07, 6.45) is -1.57. The van der Waals surface area contributed by atoms with Gasteiger partial charge >= 0.3 is 6.16 Å². The number of ether oxygens (including phenoxy) is 1. The highest BCUT2D eigenvalue weighted by Gasteiger charge is 2.26. The van der Waals surface area contributed by atoms with Crippen molar-refractivity contribution in [1.29, 1.82) is 0 Å². The quantitative estimate of drug-likeness (QED) is 0.851. The number of hydrogen-bond acceptors (Lipinski definition) is 5. The van der Waals surface area contributed by atoms with Gasteiger partial charge in [-0.3, -0.25) is 0 Å². The SMILES string of the molecule is CN(C)S(=O)(=O)c1cc2cc(OC(=O)O)oc2c(Cl)c1Cl. The van der Waals surface area contributed by atoms with E-state index in [0.29, 0.717) is 0 Å². The average molecular weight is 354 g/mol. The number of hydrogen-bond donors (Lipinski definition) is 1. The molecule has 1 aromatic carbocycles. The first-order valence-corrected chi connectivity index (χ1v) is 7.59. The van der Waals surface area contributed by atoms with Gasteiger partial charge in [0.15, 0.2) is 5.58 Å². The van der Waals surface area contributed by atoms with Crippen LogP contribution in [0, 0.1) is 0 Å². The maximum Gasteiger partial charge on any atom is 0.513 e. The number of rotatable bonds is 3. The summed E-state index contributed by atoms with van der Waals surface area (Å²) in [7, 11) is -1.13. The van der Waals surface area contributed by atoms with Crippen LogP contribution in [0.25, 0.3) is 11.0 Å². The van der Waals surface area contributed by atoms with Crippen LogP contribution in [0.15, 0.2) is 21.4 Å². The molecule has 7 nitrogen and oxygen atoms in total. The molecule has 10 heteroatoms. The van der Waals surface area contributed by atoms with Crippen molar-refractivity contribution in [3.8, 4) is 5.95 Å². The maximum atomic E-state index is 12.2. The van der Waals surface area contributed by atoms with Gasteiger partial charge in [-0.1, -0.05) is 23.2 Å². The number of fused-ring (bicyclic) bond motifs is 1. The average Bonchev–Trinajstić information content (AvgIpc) is 2.75. The van der Waals surface area contributed by atoms with E-state index in [1.165, 1.54) is 26.2 Å². The lowest BCUT2D eigenvalue weighted by molar-refractivity contribution is 0.134. The third-order valence-corrected chi connectivity index (χ3v) is 5.38. The molecule has 0 spiro atoms. The van der Waals surface area contributed by atoms with Gasteiger partial charge in [0, 0.05) is 25.5 Å². The summed E-state index contributed by atoms with van der Waals surface area (Å²) in [5, 5.41) is 8.42. The molecule has 0 aliphatic rings. The number of carboxylic acid groups (broad SMARTS) is 1. The number of carbonyl (C=O) groups is 1. The zero-order valence-electron chi connectivity index (χ0n) is 10.8. The minimum atomic E-state index is -3.82. The molecule has 1 heterocycles. The van der Waals surface area contributed by atoms with E-state index in [4.69, 9.17) is 32.7 Å². The summed E-state index contributed by atoms with van der Waals surface area (Å²) in [5.74, 6) is -0.338. The van der Waals surface area contributed by atoms with Gasteiger partial charge in [0.25, 0.3) is 5.95 Å². The lowest BCUT2D eigenvalue weighted by Gasteiger charge is -2.13. The van der Waals surface area contributed by atoms with Crippen molar-refractivity contribution >= 4 is 50.3 Å². The van der Waals surface area contributed by atoms with Crippen molar-refractivity contribution in [1.82, 2.24) is 4.31 Å². The van der Waals surface area contributed by atoms with Crippen LogP contribution in [0.3, 0.4) is 0 Å². The van der Waals surface area contributed by atoms with Gasteiger partial charge < -0.3 is 14.3 Å². The van der Waals surface area contributed by atoms with Gasteiger partial charge in [0.1, 0.15) is 9.92 Å². The number of sulfonamides is 1. The van der Waals surface area contributed by atoms with E-state index < -0.39 is 16.2 Å². The molecule has 0 saturated carbocycles. The van der Waals surface area contributed by atoms with E-state index in [1.807, 2.05) is 0 Å². The van der Waals surface area contributed by atoms with E-state index in [0.717, 1.165) is 4.31 Å². The third-order valence-electron chi connectivity index (χ3n) is 2.58. The van der Waals surface area contributed by atoms with Gasteiger partial charge in [-0.25, -0.2) is 17.5 Å². The summed E-state index contributed by atoms with van der Waals surface area (Å²) in [4.78, 5) is 10.3. The Morgan fingerprint density at radius 3 is 2.43 bits per heavy atom. The monoisotopic (exact) mass is 353 g/mol. The molecule has 0 amide bonds. The lowest BCUT2D eigenvalue weighted by atomic mass is 10.2. The van der Waals surface area contributed by atoms with Gasteiger partial charge in [-0.15, -0.1) is 0 Å². The molecule has 0 atom stereocenters. The Morgan fingerprint density at radius 1 is 1.29 bits per heavy atom. The first-order chi connectivity index (χ1) is 9.64. The lowest BCUT2D eigenvalue weighted by Crippen LogP contribution is -2.22. The Kier molecular flexibility index (Phi) is 4.07. The molecule has 21 heavy (non-hydrogen) atoms. The molecule has 1 aromatic heterocycles. The summed E-state index contributed by atoms with van der Waals surface area (Å²) in [5.41, 5.74) is 0.0376. The van der Waals surface area contributed by atoms with Crippen molar-refractivity contribution in [3.63, 3.8) is 0 Å². The van der Waals surface area contributed by atoms with E-state index in [-0.39, 0.29) is 31.9 Å². The normalized spacial score (nSPS) is 12.0. The van der Waals surface area contributed by atoms with Crippen molar-refractivity contribution < 1.29 is 27.5 Å². The molecule has 0 aliphatic carbocycles. The van der Waals surface area contributed by atoms with Crippen LogP contribution in [-0.2, 0) is 10.0 Å². The highest BCUT2D eigenvalue weighted by molar-refractivity contribution is 7.89. The number of furan rings is 1. The molecular weight excluding hydrogens is 345 g/mol. The van der Waals surface area contributed by atoms with E-state index in [9.17, 15) is 13.2 Å². The van der Waals surface area contributed by atoms with Crippen molar-refractivity contribution in [3.05, 3.63) is 22.2 Å². The molecule has 0 aliphatic heterocycles. The maximum absolute atomic E-state index is 12.2. The number of halogens is 2. The minimum Gasteiger partial charge on any atom is -0.449 e. The van der Waals surface area contributed by atoms with Crippen LogP contribution >= 0.6 is 23.2 Å². The van der Waals surface area contributed by atoms with E-state index >= 15 is 0 Å². The molecule has 2 rings (SSSR count). The summed E-state index contributed by atoms with van der Waals surface area (Å²) in [6, 6.07) is 2.44. The Hall–Kier alpha value is -1.48. The second-order valence-electron chi connectivity index (χ2n) is 4.14. The molecule has 0 unspecified atom stereocenters. The van der Waals surface area contributed by atoms with E-state index in [1.54, 1.807) is 0 Å². The van der Waals surface area contributed by atoms with E-state index in [2.05, 4.69) is 4.74 Å². The molecule has 0 bridgehead atoms. The topological polar surface area (TPSA) is 97.0 Å². The predicted molar refractivity (Wildman–Crippen MR) is 75.8 cm³/mol. The standard InChI is InChI=1S/C11H9Cl2NO6S/c1-14(2)21(17,18)6-3-5-4-7(20-11(15)16)19-10(5)9(13)8(6)12/h3-4H,1-2H3,(H,15,16). The second-order valence-corrected chi connectivity index (χ2v) is 7.02. The molecule has 0 saturated heterocycles. The molecule has 1 N–H and O–H groups in total. The highest BCUT2D eigenvalue weighted by Crippen LogP contribution is 2.40. The van der Waals surface area contributed by atoms with Crippen LogP contribution in [0.2, 0.25) is 10.0 Å². The Morgan fingerprint density at radius 2 is 1.90 bits per heavy atom. The fourth-order valence-electron chi connectivity index (χ4n) is 1.59. The summed E-state index contributed by atoms with van der Waals surface area (Å²) in [6.45, 7) is 0. The Labute approximate surface area is 129 Å². The summed E-state index contributed by atoms with van der Waals surface area (Å²) < 4.78 is 34.7. The van der Waals surface area contributed by atoms with Gasteiger partial charge in [0.05, 0.1) is 5.02 Å². The Bertz CT molecular complexity index is 827. The van der Waals surface area contributed by atoms with Crippen LogP contribution in [0.4, 0.5) is 4.79 Å². The van der Waals surface area contributed by atoms with Gasteiger partial charge in [-0.2, -0.15) is 0 Å². The molecule has 0 fully saturated rings. The van der Waals surface area contributed by atoms with Gasteiger partial charge in [-0.05, 0) is 6.07 Å². The smallest absolute Gasteiger partial charge is 0.449 e. The van der Waals surface area contributed by atoms with Crippen LogP contribution in [0.1, 0.15) is 0 Å². The molecule has 2 aromatic rings. The largest absolute Gasteiger partial charge is 0.513 e. The second kappa shape index (κ2) is 5.38. The zero-order chi connectivity index (χ0) is 15.9. The number of nitrogens with zero attached hydrogens (tertiary/aromatic N) is 1. The van der Waals surface area contributed by atoms with Gasteiger partial charge in [0.2, 0.25) is 10.0 Å². The van der Waals surface area contributed by atoms with Crippen LogP contribution in [-0.4, -0.2) is 38.1 Å². The van der Waals surface area contributed by atoms with Crippen LogP contribution in [0.5, 0.6) is 5.95 Å². The summed E-state index contributed by atoms with van der Waals surface area (Å²) >= 11 is 11.9. The highest BCUT2D eigenvalue weighted by atomic mass is 35.5. The third kappa shape index (κ3) is 2.80. The molecule has 114 valence electrons.